The van der Waals surface area contributed by atoms with Crippen molar-refractivity contribution in [2.75, 3.05) is 5.32 Å². The molecule has 0 aliphatic rings. The summed E-state index contributed by atoms with van der Waals surface area (Å²) in [6, 6.07) is 17.7. The van der Waals surface area contributed by atoms with Crippen LogP contribution in [0.1, 0.15) is 26.5 Å². The van der Waals surface area contributed by atoms with Crippen LogP contribution < -0.4 is 10.0 Å². The van der Waals surface area contributed by atoms with Gasteiger partial charge >= 0.3 is 0 Å². The molecule has 184 valence electrons. The van der Waals surface area contributed by atoms with Gasteiger partial charge in [-0.05, 0) is 44.5 Å². The van der Waals surface area contributed by atoms with Gasteiger partial charge in [-0.2, -0.15) is 0 Å². The molecule has 0 bridgehead atoms. The van der Waals surface area contributed by atoms with Gasteiger partial charge in [-0.25, -0.2) is 27.6 Å². The molecule has 5 aromatic rings. The van der Waals surface area contributed by atoms with E-state index in [1.807, 2.05) is 60.8 Å². The molecule has 0 aliphatic heterocycles. The molecule has 0 aliphatic carbocycles. The highest BCUT2D eigenvalue weighted by Crippen LogP contribution is 2.32. The normalized spacial score (nSPS) is 12.2. The van der Waals surface area contributed by atoms with Gasteiger partial charge in [0.25, 0.3) is 10.0 Å². The molecule has 36 heavy (non-hydrogen) atoms. The van der Waals surface area contributed by atoms with Crippen molar-refractivity contribution in [3.8, 4) is 22.6 Å². The number of fused-ring (bicyclic) bond motifs is 1. The number of sulfonamides is 1. The second kappa shape index (κ2) is 9.41. The number of hydrogen-bond acceptors (Lipinski definition) is 8. The molecule has 11 heteroatoms. The van der Waals surface area contributed by atoms with Crippen LogP contribution >= 0.6 is 11.3 Å². The topological polar surface area (TPSA) is 114 Å². The fourth-order valence-corrected chi connectivity index (χ4v) is 6.12. The Labute approximate surface area is 213 Å². The molecule has 0 spiro atoms. The number of anilines is 1. The van der Waals surface area contributed by atoms with Crippen molar-refractivity contribution in [3.63, 3.8) is 0 Å². The maximum atomic E-state index is 12.8. The largest absolute Gasteiger partial charge is 0.363 e. The minimum Gasteiger partial charge on any atom is -0.363 e. The first-order chi connectivity index (χ1) is 17.2. The van der Waals surface area contributed by atoms with Crippen molar-refractivity contribution >= 4 is 32.7 Å². The van der Waals surface area contributed by atoms with Crippen LogP contribution in [0.4, 0.5) is 5.82 Å². The average molecular weight is 520 g/mol. The van der Waals surface area contributed by atoms with E-state index in [0.29, 0.717) is 23.9 Å². The predicted octanol–water partition coefficient (Wildman–Crippen LogP) is 4.60. The molecule has 9 nitrogen and oxygen atoms in total. The average Bonchev–Trinajstić information content (AvgIpc) is 3.51. The third-order valence-electron chi connectivity index (χ3n) is 5.14. The maximum absolute atomic E-state index is 12.8. The van der Waals surface area contributed by atoms with E-state index in [2.05, 4.69) is 25.1 Å². The minimum absolute atomic E-state index is 0.0309. The Balaban J connectivity index is 1.58. The van der Waals surface area contributed by atoms with Crippen molar-refractivity contribution in [2.45, 2.75) is 37.2 Å². The highest BCUT2D eigenvalue weighted by atomic mass is 32.2. The van der Waals surface area contributed by atoms with E-state index in [0.717, 1.165) is 33.7 Å². The zero-order chi connectivity index (χ0) is 25.3. The molecule has 5 rings (SSSR count). The van der Waals surface area contributed by atoms with Crippen LogP contribution in [0.15, 0.2) is 76.7 Å². The second-order valence-electron chi connectivity index (χ2n) is 9.20. The van der Waals surface area contributed by atoms with E-state index >= 15 is 0 Å². The van der Waals surface area contributed by atoms with Crippen LogP contribution in [0, 0.1) is 0 Å². The Morgan fingerprint density at radius 3 is 2.50 bits per heavy atom. The third kappa shape index (κ3) is 5.13. The first-order valence-electron chi connectivity index (χ1n) is 11.3. The molecule has 0 saturated carbocycles. The van der Waals surface area contributed by atoms with Gasteiger partial charge in [0.05, 0.1) is 12.2 Å². The van der Waals surface area contributed by atoms with E-state index in [1.54, 1.807) is 36.9 Å². The second-order valence-corrected chi connectivity index (χ2v) is 11.9. The summed E-state index contributed by atoms with van der Waals surface area (Å²) in [6.45, 7) is 5.81. The molecule has 4 heterocycles. The molecule has 2 N–H and O–H groups in total. The molecule has 1 aromatic carbocycles. The minimum atomic E-state index is -3.76. The number of hydrogen-bond donors (Lipinski definition) is 2. The summed E-state index contributed by atoms with van der Waals surface area (Å²) in [5.74, 6) is 0.912. The lowest BCUT2D eigenvalue weighted by molar-refractivity contribution is 0.491. The van der Waals surface area contributed by atoms with Crippen LogP contribution in [-0.2, 0) is 16.6 Å². The Morgan fingerprint density at radius 1 is 1.00 bits per heavy atom. The summed E-state index contributed by atoms with van der Waals surface area (Å²) >= 11 is 1.03. The standard InChI is InChI=1S/C25H25N7O2S2/c1-25(2,3)31-36(33,34)24-28-20(16-35-24)22-29-23(27-15-18-11-7-8-13-26-18)21-19(12-14-32(21)30-22)17-9-5-4-6-10-17/h4-14,16,31H,15H2,1-3H3,(H,27,29,30). The molecular formula is C25H25N7O2S2. The fraction of sp³-hybridized carbons (Fsp3) is 0.200. The fourth-order valence-electron chi connectivity index (χ4n) is 3.71. The van der Waals surface area contributed by atoms with E-state index in [4.69, 9.17) is 4.98 Å². The first-order valence-corrected chi connectivity index (χ1v) is 13.6. The lowest BCUT2D eigenvalue weighted by Gasteiger charge is -2.18. The van der Waals surface area contributed by atoms with Gasteiger partial charge in [0.2, 0.25) is 10.2 Å². The zero-order valence-corrected chi connectivity index (χ0v) is 21.6. The van der Waals surface area contributed by atoms with Gasteiger partial charge < -0.3 is 5.32 Å². The highest BCUT2D eigenvalue weighted by Gasteiger charge is 2.26. The van der Waals surface area contributed by atoms with Crippen LogP contribution in [0.2, 0.25) is 0 Å². The lowest BCUT2D eigenvalue weighted by Crippen LogP contribution is -2.40. The van der Waals surface area contributed by atoms with Gasteiger partial charge in [0.15, 0.2) is 5.82 Å². The molecule has 4 aromatic heterocycles. The number of aromatic nitrogens is 5. The Hall–Kier alpha value is -3.67. The molecule has 0 radical (unpaired) electrons. The summed E-state index contributed by atoms with van der Waals surface area (Å²) in [5.41, 5.74) is 3.43. The number of nitrogens with zero attached hydrogens (tertiary/aromatic N) is 5. The Morgan fingerprint density at radius 2 is 1.78 bits per heavy atom. The molecule has 0 amide bonds. The Bertz CT molecular complexity index is 1610. The van der Waals surface area contributed by atoms with Gasteiger partial charge in [0.1, 0.15) is 11.2 Å². The molecule has 0 saturated heterocycles. The van der Waals surface area contributed by atoms with Crippen LogP contribution in [0.5, 0.6) is 0 Å². The highest BCUT2D eigenvalue weighted by molar-refractivity contribution is 7.91. The van der Waals surface area contributed by atoms with Crippen molar-refractivity contribution in [1.29, 1.82) is 0 Å². The van der Waals surface area contributed by atoms with E-state index in [-0.39, 0.29) is 4.34 Å². The van der Waals surface area contributed by atoms with E-state index in [9.17, 15) is 8.42 Å². The first kappa shape index (κ1) is 24.0. The Kier molecular flexibility index (Phi) is 6.29. The number of thiazole rings is 1. The number of pyridine rings is 1. The van der Waals surface area contributed by atoms with Crippen molar-refractivity contribution in [1.82, 2.24) is 29.3 Å². The summed E-state index contributed by atoms with van der Waals surface area (Å²) in [5, 5.41) is 9.70. The SMILES string of the molecule is CC(C)(C)NS(=O)(=O)c1nc(-c2nc(NCc3ccccn3)c3c(-c4ccccc4)ccn3n2)cs1. The van der Waals surface area contributed by atoms with Crippen LogP contribution in [0.25, 0.3) is 28.2 Å². The van der Waals surface area contributed by atoms with Crippen molar-refractivity contribution < 1.29 is 8.42 Å². The maximum Gasteiger partial charge on any atom is 0.268 e. The number of rotatable bonds is 7. The monoisotopic (exact) mass is 519 g/mol. The predicted molar refractivity (Wildman–Crippen MR) is 141 cm³/mol. The van der Waals surface area contributed by atoms with Crippen LogP contribution in [-0.4, -0.2) is 38.5 Å². The van der Waals surface area contributed by atoms with E-state index < -0.39 is 15.6 Å². The summed E-state index contributed by atoms with van der Waals surface area (Å²) in [7, 11) is -3.76. The lowest BCUT2D eigenvalue weighted by atomic mass is 10.1. The number of nitrogens with one attached hydrogen (secondary N) is 2. The van der Waals surface area contributed by atoms with Crippen molar-refractivity contribution in [2.24, 2.45) is 0 Å². The van der Waals surface area contributed by atoms with Gasteiger partial charge in [-0.15, -0.1) is 16.4 Å². The van der Waals surface area contributed by atoms with Gasteiger partial charge in [-0.1, -0.05) is 36.4 Å². The molecule has 0 atom stereocenters. The van der Waals surface area contributed by atoms with Gasteiger partial charge in [-0.3, -0.25) is 4.98 Å². The van der Waals surface area contributed by atoms with Crippen molar-refractivity contribution in [3.05, 3.63) is 78.1 Å². The summed E-state index contributed by atoms with van der Waals surface area (Å²) < 4.78 is 29.9. The zero-order valence-electron chi connectivity index (χ0n) is 20.0. The molecule has 0 fully saturated rings. The summed E-state index contributed by atoms with van der Waals surface area (Å²) in [4.78, 5) is 13.5. The van der Waals surface area contributed by atoms with E-state index in [1.165, 1.54) is 0 Å². The van der Waals surface area contributed by atoms with Gasteiger partial charge in [0, 0.05) is 28.9 Å². The summed E-state index contributed by atoms with van der Waals surface area (Å²) in [6.07, 6.45) is 3.60. The molecular weight excluding hydrogens is 494 g/mol. The number of benzene rings is 1. The third-order valence-corrected chi connectivity index (χ3v) is 8.15. The van der Waals surface area contributed by atoms with Crippen LogP contribution in [0.3, 0.4) is 0 Å². The quantitative estimate of drug-likeness (QED) is 0.323. The smallest absolute Gasteiger partial charge is 0.268 e. The molecule has 0 unspecified atom stereocenters.